The summed E-state index contributed by atoms with van der Waals surface area (Å²) in [5, 5.41) is 9.87. The van der Waals surface area contributed by atoms with Crippen LogP contribution in [0.3, 0.4) is 0 Å². The Balaban J connectivity index is 0.000000187. The zero-order chi connectivity index (χ0) is 25.3. The van der Waals surface area contributed by atoms with E-state index in [1.54, 1.807) is 18.6 Å². The molecule has 0 saturated heterocycles. The predicted octanol–water partition coefficient (Wildman–Crippen LogP) is 2.86. The molecule has 9 nitrogen and oxygen atoms in total. The number of nitrogens with zero attached hydrogens (tertiary/aromatic N) is 4. The van der Waals surface area contributed by atoms with Gasteiger partial charge in [0, 0.05) is 48.6 Å². The Morgan fingerprint density at radius 2 is 1.20 bits per heavy atom. The van der Waals surface area contributed by atoms with Crippen molar-refractivity contribution in [2.24, 2.45) is 17.2 Å². The normalized spacial score (nSPS) is 9.57. The SMILES string of the molecule is NCC(=O)O.NCCN.c1ccc(-c2ccccn2)nc1.c1cnc2c(c1)ccc1ncccc12. The first-order valence-corrected chi connectivity index (χ1v) is 10.8. The average Bonchev–Trinajstić information content (AvgIpc) is 2.95. The molecule has 35 heavy (non-hydrogen) atoms. The van der Waals surface area contributed by atoms with E-state index in [-0.39, 0.29) is 6.54 Å². The number of hydrogen-bond donors (Lipinski definition) is 4. The van der Waals surface area contributed by atoms with Crippen LogP contribution in [0.2, 0.25) is 0 Å². The van der Waals surface area contributed by atoms with E-state index in [0.717, 1.165) is 33.2 Å². The van der Waals surface area contributed by atoms with Crippen LogP contribution in [0.25, 0.3) is 33.2 Å². The molecule has 0 aliphatic carbocycles. The Morgan fingerprint density at radius 3 is 1.71 bits per heavy atom. The number of carbonyl (C=O) groups is 1. The number of benzene rings is 1. The molecule has 5 rings (SSSR count). The van der Waals surface area contributed by atoms with Gasteiger partial charge in [-0.3, -0.25) is 24.7 Å². The average molecular weight is 472 g/mol. The lowest BCUT2D eigenvalue weighted by atomic mass is 10.1. The minimum Gasteiger partial charge on any atom is -0.480 e. The van der Waals surface area contributed by atoms with Crippen molar-refractivity contribution in [1.29, 1.82) is 0 Å². The minimum absolute atomic E-state index is 0.278. The molecule has 0 bridgehead atoms. The molecule has 5 aromatic rings. The quantitative estimate of drug-likeness (QED) is 0.289. The van der Waals surface area contributed by atoms with Gasteiger partial charge in [-0.15, -0.1) is 0 Å². The van der Waals surface area contributed by atoms with E-state index in [1.165, 1.54) is 0 Å². The number of hydrogen-bond acceptors (Lipinski definition) is 8. The first kappa shape index (κ1) is 26.9. The Hall–Kier alpha value is -4.31. The molecule has 0 radical (unpaired) electrons. The summed E-state index contributed by atoms with van der Waals surface area (Å²) in [6.07, 6.45) is 7.15. The van der Waals surface area contributed by atoms with Gasteiger partial charge in [0.1, 0.15) is 0 Å². The van der Waals surface area contributed by atoms with Crippen molar-refractivity contribution >= 4 is 27.8 Å². The van der Waals surface area contributed by atoms with Crippen molar-refractivity contribution < 1.29 is 9.90 Å². The van der Waals surface area contributed by atoms with Gasteiger partial charge in [-0.1, -0.05) is 24.3 Å². The summed E-state index contributed by atoms with van der Waals surface area (Å²) in [4.78, 5) is 26.3. The smallest absolute Gasteiger partial charge is 0.317 e. The summed E-state index contributed by atoms with van der Waals surface area (Å²) in [5.41, 5.74) is 18.2. The minimum atomic E-state index is -0.968. The van der Waals surface area contributed by atoms with E-state index in [1.807, 2.05) is 60.8 Å². The van der Waals surface area contributed by atoms with Gasteiger partial charge in [-0.05, 0) is 48.5 Å². The highest BCUT2D eigenvalue weighted by Gasteiger charge is 1.99. The number of rotatable bonds is 3. The highest BCUT2D eigenvalue weighted by Crippen LogP contribution is 2.21. The number of aliphatic carboxylic acids is 1. The van der Waals surface area contributed by atoms with Crippen molar-refractivity contribution in [3.63, 3.8) is 0 Å². The maximum absolute atomic E-state index is 9.24. The van der Waals surface area contributed by atoms with Gasteiger partial charge in [0.25, 0.3) is 0 Å². The van der Waals surface area contributed by atoms with Crippen molar-refractivity contribution in [2.45, 2.75) is 0 Å². The second kappa shape index (κ2) is 15.5. The summed E-state index contributed by atoms with van der Waals surface area (Å²) in [7, 11) is 0. The van der Waals surface area contributed by atoms with Crippen molar-refractivity contribution in [1.82, 2.24) is 19.9 Å². The van der Waals surface area contributed by atoms with Crippen molar-refractivity contribution in [3.05, 3.63) is 97.6 Å². The number of fused-ring (bicyclic) bond motifs is 3. The monoisotopic (exact) mass is 471 g/mol. The van der Waals surface area contributed by atoms with Crippen LogP contribution >= 0.6 is 0 Å². The van der Waals surface area contributed by atoms with Crippen LogP contribution in [0.5, 0.6) is 0 Å². The molecule has 0 aliphatic heterocycles. The highest BCUT2D eigenvalue weighted by molar-refractivity contribution is 6.03. The molecule has 0 spiro atoms. The Bertz CT molecular complexity index is 1190. The summed E-state index contributed by atoms with van der Waals surface area (Å²) in [6, 6.07) is 23.7. The molecule has 0 aliphatic rings. The summed E-state index contributed by atoms with van der Waals surface area (Å²) >= 11 is 0. The molecule has 7 N–H and O–H groups in total. The highest BCUT2D eigenvalue weighted by atomic mass is 16.4. The van der Waals surface area contributed by atoms with Crippen molar-refractivity contribution in [3.8, 4) is 11.4 Å². The predicted molar refractivity (Wildman–Crippen MR) is 139 cm³/mol. The van der Waals surface area contributed by atoms with Gasteiger partial charge in [-0.25, -0.2) is 0 Å². The Morgan fingerprint density at radius 1 is 0.657 bits per heavy atom. The van der Waals surface area contributed by atoms with Gasteiger partial charge >= 0.3 is 5.97 Å². The molecule has 0 saturated carbocycles. The number of carboxylic acids is 1. The number of carboxylic acid groups (broad SMARTS) is 1. The van der Waals surface area contributed by atoms with Crippen LogP contribution in [-0.2, 0) is 4.79 Å². The Kier molecular flexibility index (Phi) is 11.9. The lowest BCUT2D eigenvalue weighted by molar-refractivity contribution is -0.135. The van der Waals surface area contributed by atoms with E-state index >= 15 is 0 Å². The van der Waals surface area contributed by atoms with E-state index in [9.17, 15) is 4.79 Å². The van der Waals surface area contributed by atoms with Crippen LogP contribution < -0.4 is 17.2 Å². The third kappa shape index (κ3) is 9.22. The molecule has 4 aromatic heterocycles. The molecule has 0 atom stereocenters. The van der Waals surface area contributed by atoms with Gasteiger partial charge in [0.2, 0.25) is 0 Å². The molecule has 4 heterocycles. The molecule has 0 unspecified atom stereocenters. The van der Waals surface area contributed by atoms with Crippen LogP contribution in [0, 0.1) is 0 Å². The van der Waals surface area contributed by atoms with E-state index in [4.69, 9.17) is 16.6 Å². The fraction of sp³-hybridized carbons (Fsp3) is 0.115. The third-order valence-electron chi connectivity index (χ3n) is 4.29. The van der Waals surface area contributed by atoms with Gasteiger partial charge in [0.15, 0.2) is 0 Å². The fourth-order valence-electron chi connectivity index (χ4n) is 2.73. The second-order valence-electron chi connectivity index (χ2n) is 6.82. The summed E-state index contributed by atoms with van der Waals surface area (Å²) in [6.45, 7) is 0.917. The largest absolute Gasteiger partial charge is 0.480 e. The number of aromatic nitrogens is 4. The van der Waals surface area contributed by atoms with Crippen molar-refractivity contribution in [2.75, 3.05) is 19.6 Å². The van der Waals surface area contributed by atoms with Crippen LogP contribution in [0.15, 0.2) is 97.6 Å². The number of nitrogens with two attached hydrogens (primary N) is 3. The molecule has 180 valence electrons. The zero-order valence-electron chi connectivity index (χ0n) is 19.2. The van der Waals surface area contributed by atoms with Crippen LogP contribution in [-0.4, -0.2) is 50.6 Å². The lowest BCUT2D eigenvalue weighted by Gasteiger charge is -2.00. The molecule has 9 heteroatoms. The van der Waals surface area contributed by atoms with Crippen LogP contribution in [0.4, 0.5) is 0 Å². The molecular formula is C26H29N7O2. The van der Waals surface area contributed by atoms with Gasteiger partial charge in [0.05, 0.1) is 29.0 Å². The van der Waals surface area contributed by atoms with E-state index in [0.29, 0.717) is 13.1 Å². The first-order chi connectivity index (χ1) is 17.1. The van der Waals surface area contributed by atoms with Crippen LogP contribution in [0.1, 0.15) is 0 Å². The standard InChI is InChI=1S/C12H8N2.C10H8N2.C2H8N2.C2H5NO2/c1-3-9-5-6-11-10(4-2-7-13-11)12(9)14-8-1;1-3-7-11-9(5-1)10-6-2-4-8-12-10;3-1-2-4;3-1-2(4)5/h1-8H;1-8H;1-4H2;1,3H2,(H,4,5). The topological polar surface area (TPSA) is 167 Å². The van der Waals surface area contributed by atoms with E-state index < -0.39 is 5.97 Å². The molecule has 1 aromatic carbocycles. The number of pyridine rings is 4. The lowest BCUT2D eigenvalue weighted by Crippen LogP contribution is -2.11. The third-order valence-corrected chi connectivity index (χ3v) is 4.29. The zero-order valence-corrected chi connectivity index (χ0v) is 19.2. The Labute approximate surface area is 203 Å². The molecular weight excluding hydrogens is 442 g/mol. The maximum Gasteiger partial charge on any atom is 0.317 e. The fourth-order valence-corrected chi connectivity index (χ4v) is 2.73. The first-order valence-electron chi connectivity index (χ1n) is 10.8. The summed E-state index contributed by atoms with van der Waals surface area (Å²) in [5.74, 6) is -0.968. The molecule has 0 fully saturated rings. The maximum atomic E-state index is 9.24. The van der Waals surface area contributed by atoms with Gasteiger partial charge in [-0.2, -0.15) is 0 Å². The molecule has 0 amide bonds. The van der Waals surface area contributed by atoms with Gasteiger partial charge < -0.3 is 22.3 Å². The summed E-state index contributed by atoms with van der Waals surface area (Å²) < 4.78 is 0. The second-order valence-corrected chi connectivity index (χ2v) is 6.82. The van der Waals surface area contributed by atoms with E-state index in [2.05, 4.69) is 43.9 Å².